The quantitative estimate of drug-likeness (QED) is 0.862. The Labute approximate surface area is 118 Å². The summed E-state index contributed by atoms with van der Waals surface area (Å²) in [4.78, 5) is 14.1. The van der Waals surface area contributed by atoms with Crippen LogP contribution in [0.25, 0.3) is 0 Å². The first kappa shape index (κ1) is 13.9. The van der Waals surface area contributed by atoms with Gasteiger partial charge in [0.2, 0.25) is 5.91 Å². The van der Waals surface area contributed by atoms with Crippen molar-refractivity contribution in [1.29, 1.82) is 0 Å². The van der Waals surface area contributed by atoms with Gasteiger partial charge in [0.15, 0.2) is 0 Å². The highest BCUT2D eigenvalue weighted by Gasteiger charge is 2.33. The summed E-state index contributed by atoms with van der Waals surface area (Å²) < 4.78 is 0. The van der Waals surface area contributed by atoms with Crippen molar-refractivity contribution in [3.05, 3.63) is 34.9 Å². The van der Waals surface area contributed by atoms with Gasteiger partial charge in [0.05, 0.1) is 12.1 Å². The van der Waals surface area contributed by atoms with Crippen molar-refractivity contribution in [3.63, 3.8) is 0 Å². The molecule has 3 nitrogen and oxygen atoms in total. The maximum atomic E-state index is 12.3. The standard InChI is InChI=1S/C15H17ClN2O/c1-2-6-13(17)15(19)18-10-5-9-14(18)11-7-3-4-8-12(11)16/h1,3-4,7-8,13-14H,5-6,9-10,17H2. The first-order valence-corrected chi connectivity index (χ1v) is 6.77. The van der Waals surface area contributed by atoms with Crippen LogP contribution in [0.15, 0.2) is 24.3 Å². The van der Waals surface area contributed by atoms with Crippen LogP contribution in [0.2, 0.25) is 5.02 Å². The Hall–Kier alpha value is -1.50. The number of rotatable bonds is 3. The molecule has 1 aliphatic heterocycles. The van der Waals surface area contributed by atoms with Crippen LogP contribution in [-0.2, 0) is 4.79 Å². The summed E-state index contributed by atoms with van der Waals surface area (Å²) in [5.74, 6) is 2.36. The fourth-order valence-electron chi connectivity index (χ4n) is 2.53. The zero-order valence-corrected chi connectivity index (χ0v) is 11.4. The largest absolute Gasteiger partial charge is 0.334 e. The van der Waals surface area contributed by atoms with Crippen molar-refractivity contribution in [2.75, 3.05) is 6.54 Å². The second-order valence-corrected chi connectivity index (χ2v) is 5.13. The first-order chi connectivity index (χ1) is 9.15. The normalized spacial score (nSPS) is 20.1. The van der Waals surface area contributed by atoms with Gasteiger partial charge in [-0.2, -0.15) is 0 Å². The number of amides is 1. The van der Waals surface area contributed by atoms with E-state index in [1.807, 2.05) is 29.2 Å². The summed E-state index contributed by atoms with van der Waals surface area (Å²) >= 11 is 6.21. The van der Waals surface area contributed by atoms with E-state index in [1.165, 1.54) is 0 Å². The third-order valence-corrected chi connectivity index (χ3v) is 3.80. The van der Waals surface area contributed by atoms with Crippen molar-refractivity contribution in [1.82, 2.24) is 4.90 Å². The molecule has 2 atom stereocenters. The Morgan fingerprint density at radius 2 is 2.32 bits per heavy atom. The molecule has 1 fully saturated rings. The van der Waals surface area contributed by atoms with Crippen molar-refractivity contribution < 1.29 is 4.79 Å². The molecule has 0 saturated carbocycles. The molecule has 0 aliphatic carbocycles. The summed E-state index contributed by atoms with van der Waals surface area (Å²) in [6.07, 6.45) is 7.36. The van der Waals surface area contributed by atoms with Crippen molar-refractivity contribution in [2.24, 2.45) is 5.73 Å². The molecule has 1 aromatic carbocycles. The number of carbonyl (C=O) groups is 1. The van der Waals surface area contributed by atoms with Gasteiger partial charge < -0.3 is 10.6 Å². The Morgan fingerprint density at radius 3 is 3.00 bits per heavy atom. The molecule has 1 aliphatic rings. The van der Waals surface area contributed by atoms with Gasteiger partial charge in [-0.25, -0.2) is 0 Å². The predicted molar refractivity (Wildman–Crippen MR) is 76.6 cm³/mol. The summed E-state index contributed by atoms with van der Waals surface area (Å²) in [6, 6.07) is 7.03. The van der Waals surface area contributed by atoms with E-state index in [4.69, 9.17) is 23.8 Å². The minimum absolute atomic E-state index is 0.0185. The first-order valence-electron chi connectivity index (χ1n) is 6.39. The van der Waals surface area contributed by atoms with E-state index >= 15 is 0 Å². The van der Waals surface area contributed by atoms with Gasteiger partial charge in [-0.1, -0.05) is 29.8 Å². The highest BCUT2D eigenvalue weighted by atomic mass is 35.5. The van der Waals surface area contributed by atoms with Crippen LogP contribution in [0.5, 0.6) is 0 Å². The highest BCUT2D eigenvalue weighted by Crippen LogP contribution is 2.35. The number of nitrogens with zero attached hydrogens (tertiary/aromatic N) is 1. The average molecular weight is 277 g/mol. The van der Waals surface area contributed by atoms with Gasteiger partial charge in [-0.05, 0) is 24.5 Å². The molecular formula is C15H17ClN2O. The van der Waals surface area contributed by atoms with Gasteiger partial charge in [0.25, 0.3) is 0 Å². The molecule has 2 rings (SSSR count). The van der Waals surface area contributed by atoms with E-state index < -0.39 is 6.04 Å². The fraction of sp³-hybridized carbons (Fsp3) is 0.400. The zero-order valence-electron chi connectivity index (χ0n) is 10.7. The molecule has 2 N–H and O–H groups in total. The Balaban J connectivity index is 2.20. The average Bonchev–Trinajstić information content (AvgIpc) is 2.87. The van der Waals surface area contributed by atoms with Crippen molar-refractivity contribution >= 4 is 17.5 Å². The molecule has 4 heteroatoms. The lowest BCUT2D eigenvalue weighted by atomic mass is 10.0. The number of likely N-dealkylation sites (tertiary alicyclic amines) is 1. The van der Waals surface area contributed by atoms with Gasteiger partial charge in [0.1, 0.15) is 0 Å². The lowest BCUT2D eigenvalue weighted by Gasteiger charge is -2.27. The third-order valence-electron chi connectivity index (χ3n) is 3.46. The lowest BCUT2D eigenvalue weighted by molar-refractivity contribution is -0.133. The Kier molecular flexibility index (Phi) is 4.47. The number of benzene rings is 1. The van der Waals surface area contributed by atoms with Gasteiger partial charge in [-0.3, -0.25) is 4.79 Å². The molecule has 1 amide bonds. The Bertz CT molecular complexity index is 509. The van der Waals surface area contributed by atoms with Crippen LogP contribution in [0, 0.1) is 12.3 Å². The summed E-state index contributed by atoms with van der Waals surface area (Å²) in [7, 11) is 0. The van der Waals surface area contributed by atoms with Crippen LogP contribution in [0.1, 0.15) is 30.9 Å². The molecule has 1 heterocycles. The summed E-state index contributed by atoms with van der Waals surface area (Å²) in [5.41, 5.74) is 6.81. The molecular weight excluding hydrogens is 260 g/mol. The van der Waals surface area contributed by atoms with E-state index in [9.17, 15) is 4.79 Å². The molecule has 0 bridgehead atoms. The molecule has 1 aromatic rings. The molecule has 19 heavy (non-hydrogen) atoms. The molecule has 0 aromatic heterocycles. The lowest BCUT2D eigenvalue weighted by Crippen LogP contribution is -2.43. The number of carbonyl (C=O) groups excluding carboxylic acids is 1. The van der Waals surface area contributed by atoms with E-state index in [1.54, 1.807) is 0 Å². The molecule has 2 unspecified atom stereocenters. The maximum Gasteiger partial charge on any atom is 0.240 e. The second-order valence-electron chi connectivity index (χ2n) is 4.73. The second kappa shape index (κ2) is 6.10. The minimum Gasteiger partial charge on any atom is -0.334 e. The number of hydrogen-bond acceptors (Lipinski definition) is 2. The fourth-order valence-corrected chi connectivity index (χ4v) is 2.79. The number of nitrogens with two attached hydrogens (primary N) is 1. The molecule has 1 saturated heterocycles. The maximum absolute atomic E-state index is 12.3. The van der Waals surface area contributed by atoms with Crippen molar-refractivity contribution in [2.45, 2.75) is 31.3 Å². The van der Waals surface area contributed by atoms with Gasteiger partial charge in [0, 0.05) is 18.0 Å². The predicted octanol–water partition coefficient (Wildman–Crippen LogP) is 2.35. The highest BCUT2D eigenvalue weighted by molar-refractivity contribution is 6.31. The topological polar surface area (TPSA) is 46.3 Å². The summed E-state index contributed by atoms with van der Waals surface area (Å²) in [6.45, 7) is 0.715. The smallest absolute Gasteiger partial charge is 0.240 e. The molecule has 0 radical (unpaired) electrons. The van der Waals surface area contributed by atoms with E-state index in [2.05, 4.69) is 5.92 Å². The molecule has 0 spiro atoms. The van der Waals surface area contributed by atoms with Crippen LogP contribution in [-0.4, -0.2) is 23.4 Å². The minimum atomic E-state index is -0.618. The number of hydrogen-bond donors (Lipinski definition) is 1. The number of halogens is 1. The van der Waals surface area contributed by atoms with Crippen LogP contribution in [0.3, 0.4) is 0 Å². The van der Waals surface area contributed by atoms with Crippen LogP contribution < -0.4 is 5.73 Å². The van der Waals surface area contributed by atoms with E-state index in [0.29, 0.717) is 11.6 Å². The van der Waals surface area contributed by atoms with Crippen LogP contribution in [0.4, 0.5) is 0 Å². The van der Waals surface area contributed by atoms with E-state index in [-0.39, 0.29) is 18.4 Å². The van der Waals surface area contributed by atoms with Gasteiger partial charge >= 0.3 is 0 Å². The van der Waals surface area contributed by atoms with Crippen molar-refractivity contribution in [3.8, 4) is 12.3 Å². The molecule has 100 valence electrons. The SMILES string of the molecule is C#CCC(N)C(=O)N1CCCC1c1ccccc1Cl. The van der Waals surface area contributed by atoms with Crippen LogP contribution >= 0.6 is 11.6 Å². The summed E-state index contributed by atoms with van der Waals surface area (Å²) in [5, 5.41) is 0.692. The third kappa shape index (κ3) is 2.91. The number of terminal acetylenes is 1. The zero-order chi connectivity index (χ0) is 13.8. The van der Waals surface area contributed by atoms with Gasteiger partial charge in [-0.15, -0.1) is 12.3 Å². The monoisotopic (exact) mass is 276 g/mol. The Morgan fingerprint density at radius 1 is 1.58 bits per heavy atom. The van der Waals surface area contributed by atoms with E-state index in [0.717, 1.165) is 18.4 Å².